The van der Waals surface area contributed by atoms with Crippen LogP contribution in [0.25, 0.3) is 0 Å². The second-order valence-corrected chi connectivity index (χ2v) is 10.8. The first-order chi connectivity index (χ1) is 18.4. The third-order valence-corrected chi connectivity index (χ3v) is 8.66. The van der Waals surface area contributed by atoms with Crippen molar-refractivity contribution < 1.29 is 43.9 Å². The first kappa shape index (κ1) is 27.5. The number of nitrogens with one attached hydrogen (secondary N) is 1. The van der Waals surface area contributed by atoms with Gasteiger partial charge in [-0.05, 0) is 37.6 Å². The van der Waals surface area contributed by atoms with Crippen molar-refractivity contribution in [1.82, 2.24) is 4.84 Å². The molecule has 0 bridgehead atoms. The lowest BCUT2D eigenvalue weighted by atomic mass is 9.72. The number of rotatable bonds is 5. The summed E-state index contributed by atoms with van der Waals surface area (Å²) >= 11 is 5.94. The normalized spacial score (nSPS) is 29.8. The number of methoxy groups -OCH3 is 1. The lowest BCUT2D eigenvalue weighted by molar-refractivity contribution is -0.237. The van der Waals surface area contributed by atoms with Crippen LogP contribution in [-0.4, -0.2) is 63.8 Å². The highest BCUT2D eigenvalue weighted by Gasteiger charge is 2.49. The van der Waals surface area contributed by atoms with E-state index in [1.54, 1.807) is 0 Å². The van der Waals surface area contributed by atoms with Crippen LogP contribution in [0, 0.1) is 5.92 Å². The van der Waals surface area contributed by atoms with Crippen LogP contribution >= 0.6 is 11.8 Å². The van der Waals surface area contributed by atoms with E-state index in [9.17, 15) is 29.7 Å². The van der Waals surface area contributed by atoms with E-state index < -0.39 is 52.4 Å². The van der Waals surface area contributed by atoms with E-state index in [-0.39, 0.29) is 64.5 Å². The molecule has 1 aliphatic heterocycles. The van der Waals surface area contributed by atoms with E-state index in [2.05, 4.69) is 4.84 Å². The number of fused-ring (bicyclic) bond motifs is 3. The van der Waals surface area contributed by atoms with Crippen LogP contribution in [0.4, 0.5) is 0 Å². The molecule has 11 heteroatoms. The van der Waals surface area contributed by atoms with Crippen molar-refractivity contribution in [3.63, 3.8) is 0 Å². The van der Waals surface area contributed by atoms with E-state index >= 15 is 0 Å². The Balaban J connectivity index is 1.67. The molecule has 2 aromatic carbocycles. The van der Waals surface area contributed by atoms with Crippen molar-refractivity contribution in [1.29, 1.82) is 0 Å². The van der Waals surface area contributed by atoms with Crippen LogP contribution in [0.5, 0.6) is 17.2 Å². The van der Waals surface area contributed by atoms with Crippen LogP contribution < -0.4 is 9.57 Å². The van der Waals surface area contributed by atoms with Crippen molar-refractivity contribution in [3.05, 3.63) is 51.6 Å². The molecule has 0 amide bonds. The van der Waals surface area contributed by atoms with Crippen molar-refractivity contribution in [2.24, 2.45) is 5.92 Å². The maximum Gasteiger partial charge on any atom is 0.202 e. The minimum absolute atomic E-state index is 0.00488. The summed E-state index contributed by atoms with van der Waals surface area (Å²) in [4.78, 5) is 42.5. The molecule has 2 aliphatic carbocycles. The number of benzene rings is 2. The lowest BCUT2D eigenvalue weighted by Crippen LogP contribution is -2.49. The summed E-state index contributed by atoms with van der Waals surface area (Å²) in [7, 11) is 1.36. The van der Waals surface area contributed by atoms with Gasteiger partial charge in [0.1, 0.15) is 22.8 Å². The maximum absolute atomic E-state index is 13.7. The van der Waals surface area contributed by atoms with E-state index in [1.165, 1.54) is 32.2 Å². The SMILES string of the molecule is COc1cccc2c1C(=O)c1c(O)c3c(c(O)c1C2=O)C[C@@](O)(C(C)=O)CC3OC1C[C@H](NCl)[C@H](C)[C@H](C)O1. The molecule has 2 aromatic rings. The predicted molar refractivity (Wildman–Crippen MR) is 138 cm³/mol. The van der Waals surface area contributed by atoms with E-state index in [0.717, 1.165) is 0 Å². The number of phenols is 2. The lowest BCUT2D eigenvalue weighted by Gasteiger charge is -2.42. The summed E-state index contributed by atoms with van der Waals surface area (Å²) in [5.41, 5.74) is -2.80. The number of hydrogen-bond donors (Lipinski definition) is 4. The maximum atomic E-state index is 13.7. The minimum Gasteiger partial charge on any atom is -0.507 e. The van der Waals surface area contributed by atoms with Crippen LogP contribution in [0.1, 0.15) is 82.7 Å². The topological polar surface area (TPSA) is 152 Å². The molecule has 0 saturated carbocycles. The van der Waals surface area contributed by atoms with Gasteiger partial charge >= 0.3 is 0 Å². The molecule has 39 heavy (non-hydrogen) atoms. The molecule has 0 spiro atoms. The Kier molecular flexibility index (Phi) is 6.97. The Bertz CT molecular complexity index is 1390. The molecule has 10 nitrogen and oxygen atoms in total. The standard InChI is InChI=1S/C28H30ClNO9/c1-11-12(2)38-19(8-16(11)30-29)39-18-10-28(36,13(3)31)9-15-21(18)27(35)23-22(25(15)33)24(32)14-6-5-7-17(37-4)20(14)26(23)34/h5-7,11-12,16,18-19,30,33,35-36H,8-10H2,1-4H3/t11-,12+,16+,18?,19?,28+/m1/s1. The Morgan fingerprint density at radius 2 is 1.82 bits per heavy atom. The number of hydrogen-bond acceptors (Lipinski definition) is 10. The van der Waals surface area contributed by atoms with Crippen LogP contribution in [-0.2, 0) is 20.7 Å². The summed E-state index contributed by atoms with van der Waals surface area (Å²) in [6.07, 6.45) is -2.62. The van der Waals surface area contributed by atoms with Gasteiger partial charge in [-0.1, -0.05) is 19.1 Å². The number of ketones is 3. The molecule has 0 aromatic heterocycles. The van der Waals surface area contributed by atoms with Crippen molar-refractivity contribution in [2.75, 3.05) is 7.11 Å². The number of Topliss-reactive ketones (excluding diaryl/α,β-unsaturated/α-hetero) is 1. The molecule has 1 saturated heterocycles. The number of halogens is 1. The zero-order valence-electron chi connectivity index (χ0n) is 21.9. The molecule has 3 aliphatic rings. The van der Waals surface area contributed by atoms with Crippen molar-refractivity contribution in [3.8, 4) is 17.2 Å². The van der Waals surface area contributed by atoms with Gasteiger partial charge in [0.15, 0.2) is 17.9 Å². The Labute approximate surface area is 229 Å². The zero-order valence-corrected chi connectivity index (χ0v) is 22.7. The molecule has 4 N–H and O–H groups in total. The van der Waals surface area contributed by atoms with Gasteiger partial charge in [-0.15, -0.1) is 0 Å². The molecule has 1 fully saturated rings. The van der Waals surface area contributed by atoms with E-state index in [4.69, 9.17) is 26.0 Å². The molecule has 1 heterocycles. The second-order valence-electron chi connectivity index (χ2n) is 10.6. The third-order valence-electron chi connectivity index (χ3n) is 8.38. The molecule has 5 rings (SSSR count). The quantitative estimate of drug-likeness (QED) is 0.271. The summed E-state index contributed by atoms with van der Waals surface area (Å²) in [5, 5.41) is 34.2. The summed E-state index contributed by atoms with van der Waals surface area (Å²) in [5.74, 6) is -2.94. The fourth-order valence-electron chi connectivity index (χ4n) is 5.89. The van der Waals surface area contributed by atoms with Crippen LogP contribution in [0.15, 0.2) is 18.2 Å². The number of phenolic OH excluding ortho intramolecular Hbond substituents is 2. The average Bonchev–Trinajstić information content (AvgIpc) is 2.90. The molecule has 208 valence electrons. The van der Waals surface area contributed by atoms with Gasteiger partial charge in [-0.3, -0.25) is 14.4 Å². The first-order valence-corrected chi connectivity index (χ1v) is 13.1. The van der Waals surface area contributed by atoms with Crippen LogP contribution in [0.2, 0.25) is 0 Å². The van der Waals surface area contributed by atoms with E-state index in [1.807, 2.05) is 13.8 Å². The fourth-order valence-corrected chi connectivity index (χ4v) is 6.17. The van der Waals surface area contributed by atoms with Crippen molar-refractivity contribution in [2.45, 2.75) is 70.2 Å². The van der Waals surface area contributed by atoms with Gasteiger partial charge < -0.3 is 29.5 Å². The number of aromatic hydroxyl groups is 2. The molecule has 2 unspecified atom stereocenters. The Hall–Kier alpha value is -3.02. The largest absolute Gasteiger partial charge is 0.507 e. The second kappa shape index (κ2) is 9.87. The number of carbonyl (C=O) groups excluding carboxylic acids is 3. The number of aliphatic hydroxyl groups is 1. The predicted octanol–water partition coefficient (Wildman–Crippen LogP) is 3.09. The fraction of sp³-hybridized carbons (Fsp3) is 0.464. The van der Waals surface area contributed by atoms with Gasteiger partial charge in [-0.25, -0.2) is 4.84 Å². The van der Waals surface area contributed by atoms with Gasteiger partial charge in [-0.2, -0.15) is 0 Å². The van der Waals surface area contributed by atoms with Crippen molar-refractivity contribution >= 4 is 29.1 Å². The Morgan fingerprint density at radius 3 is 2.46 bits per heavy atom. The van der Waals surface area contributed by atoms with Crippen LogP contribution in [0.3, 0.4) is 0 Å². The minimum atomic E-state index is -1.96. The zero-order chi connectivity index (χ0) is 28.4. The molecular formula is C28H30ClNO9. The summed E-state index contributed by atoms with van der Waals surface area (Å²) < 4.78 is 17.5. The highest BCUT2D eigenvalue weighted by atomic mass is 35.5. The molecule has 0 radical (unpaired) electrons. The van der Waals surface area contributed by atoms with Gasteiger partial charge in [0.05, 0.1) is 36.0 Å². The molecule has 6 atom stereocenters. The smallest absolute Gasteiger partial charge is 0.202 e. The number of ether oxygens (including phenoxy) is 3. The van der Waals surface area contributed by atoms with Gasteiger partial charge in [0.25, 0.3) is 0 Å². The van der Waals surface area contributed by atoms with Gasteiger partial charge in [0.2, 0.25) is 5.78 Å². The highest BCUT2D eigenvalue weighted by molar-refractivity contribution is 6.31. The average molecular weight is 560 g/mol. The summed E-state index contributed by atoms with van der Waals surface area (Å²) in [6.45, 7) is 5.04. The Morgan fingerprint density at radius 1 is 1.13 bits per heavy atom. The number of carbonyl (C=O) groups is 3. The van der Waals surface area contributed by atoms with Gasteiger partial charge in [0, 0.05) is 42.0 Å². The summed E-state index contributed by atoms with van der Waals surface area (Å²) in [6, 6.07) is 4.31. The highest BCUT2D eigenvalue weighted by Crippen LogP contribution is 2.52. The monoisotopic (exact) mass is 559 g/mol. The third kappa shape index (κ3) is 4.22. The molecular weight excluding hydrogens is 530 g/mol. The van der Waals surface area contributed by atoms with E-state index in [0.29, 0.717) is 6.42 Å². The first-order valence-electron chi connectivity index (χ1n) is 12.7.